The Labute approximate surface area is 273 Å². The first-order valence-corrected chi connectivity index (χ1v) is 16.2. The summed E-state index contributed by atoms with van der Waals surface area (Å²) >= 11 is 0. The largest absolute Gasteiger partial charge is 0.264 e. The zero-order chi connectivity index (χ0) is 31.4. The van der Waals surface area contributed by atoms with Crippen molar-refractivity contribution >= 4 is 28.5 Å². The van der Waals surface area contributed by atoms with Gasteiger partial charge in [0, 0.05) is 52.2 Å². The van der Waals surface area contributed by atoms with E-state index >= 15 is 0 Å². The van der Waals surface area contributed by atoms with E-state index < -0.39 is 0 Å². The van der Waals surface area contributed by atoms with Gasteiger partial charge in [0.1, 0.15) is 5.69 Å². The van der Waals surface area contributed by atoms with Gasteiger partial charge in [-0.1, -0.05) is 104 Å². The van der Waals surface area contributed by atoms with Gasteiger partial charge in [0.2, 0.25) is 0 Å². The number of nitrogens with zero attached hydrogens (tertiary/aromatic N) is 5. The van der Waals surface area contributed by atoms with E-state index in [1.807, 2.05) is 30.6 Å². The van der Waals surface area contributed by atoms with Gasteiger partial charge in [0.15, 0.2) is 17.5 Å². The van der Waals surface area contributed by atoms with Crippen LogP contribution in [0.5, 0.6) is 0 Å². The van der Waals surface area contributed by atoms with Crippen LogP contribution in [0, 0.1) is 5.92 Å². The molecule has 0 spiro atoms. The maximum Gasteiger partial charge on any atom is 0.182 e. The normalized spacial score (nSPS) is 19.2. The number of hydrogen-bond acceptors (Lipinski definition) is 5. The first kappa shape index (κ1) is 27.5. The number of aromatic nitrogens is 5. The van der Waals surface area contributed by atoms with Crippen LogP contribution in [0.4, 0.5) is 0 Å². The summed E-state index contributed by atoms with van der Waals surface area (Å²) < 4.78 is 0. The molecule has 3 aliphatic rings. The number of pyridine rings is 2. The van der Waals surface area contributed by atoms with Gasteiger partial charge in [-0.2, -0.15) is 0 Å². The molecule has 6 aromatic rings. The molecular formula is C42H31N5. The highest BCUT2D eigenvalue weighted by Gasteiger charge is 2.41. The van der Waals surface area contributed by atoms with Crippen LogP contribution in [0.15, 0.2) is 128 Å². The molecule has 0 N–H and O–H groups in total. The van der Waals surface area contributed by atoms with Crippen molar-refractivity contribution in [2.75, 3.05) is 0 Å². The molecule has 0 amide bonds. The summed E-state index contributed by atoms with van der Waals surface area (Å²) in [5.74, 6) is 1.94. The van der Waals surface area contributed by atoms with Crippen molar-refractivity contribution in [3.05, 3.63) is 156 Å². The molecule has 0 aliphatic heterocycles. The third-order valence-electron chi connectivity index (χ3n) is 9.86. The van der Waals surface area contributed by atoms with Crippen LogP contribution in [0.2, 0.25) is 0 Å². The van der Waals surface area contributed by atoms with Crippen LogP contribution in [0.1, 0.15) is 41.4 Å². The van der Waals surface area contributed by atoms with Crippen LogP contribution in [0.25, 0.3) is 62.5 Å². The van der Waals surface area contributed by atoms with Crippen LogP contribution in [0.3, 0.4) is 0 Å². The second kappa shape index (κ2) is 10.9. The van der Waals surface area contributed by atoms with Crippen molar-refractivity contribution in [2.24, 2.45) is 5.92 Å². The van der Waals surface area contributed by atoms with Gasteiger partial charge >= 0.3 is 0 Å². The number of benzene rings is 3. The van der Waals surface area contributed by atoms with Crippen molar-refractivity contribution in [1.82, 2.24) is 24.9 Å². The van der Waals surface area contributed by atoms with Gasteiger partial charge in [0.25, 0.3) is 0 Å². The maximum absolute atomic E-state index is 5.30. The number of allylic oxidation sites excluding steroid dienone is 6. The van der Waals surface area contributed by atoms with Crippen molar-refractivity contribution in [2.45, 2.75) is 25.2 Å². The molecule has 5 nitrogen and oxygen atoms in total. The summed E-state index contributed by atoms with van der Waals surface area (Å²) in [5.41, 5.74) is 9.66. The predicted molar refractivity (Wildman–Crippen MR) is 190 cm³/mol. The molecule has 3 aliphatic carbocycles. The summed E-state index contributed by atoms with van der Waals surface area (Å²) in [6, 6.07) is 27.6. The molecular weight excluding hydrogens is 574 g/mol. The third-order valence-corrected chi connectivity index (χ3v) is 9.86. The predicted octanol–water partition coefficient (Wildman–Crippen LogP) is 9.33. The summed E-state index contributed by atoms with van der Waals surface area (Å²) in [4.78, 5) is 24.8. The lowest BCUT2D eigenvalue weighted by Gasteiger charge is -2.41. The third kappa shape index (κ3) is 4.58. The molecule has 0 radical (unpaired) electrons. The highest BCUT2D eigenvalue weighted by molar-refractivity contribution is 6.00. The lowest BCUT2D eigenvalue weighted by Crippen LogP contribution is -2.34. The SMILES string of the molecule is CC12C=CC=CC1C(c1nc(-c3ccc(-c4cccnc4)cn3)nc(-c3cc4c(c5ccccc35)CCC=C4)n1)=Cc1ccccc12. The molecule has 47 heavy (non-hydrogen) atoms. The average molecular weight is 606 g/mol. The number of fused-ring (bicyclic) bond motifs is 6. The van der Waals surface area contributed by atoms with E-state index in [1.165, 1.54) is 27.6 Å². The second-order valence-electron chi connectivity index (χ2n) is 12.6. The van der Waals surface area contributed by atoms with E-state index in [1.54, 1.807) is 6.20 Å². The van der Waals surface area contributed by atoms with E-state index in [-0.39, 0.29) is 11.3 Å². The van der Waals surface area contributed by atoms with Gasteiger partial charge in [-0.05, 0) is 70.1 Å². The molecule has 0 bridgehead atoms. The first-order chi connectivity index (χ1) is 23.2. The van der Waals surface area contributed by atoms with Crippen molar-refractivity contribution < 1.29 is 0 Å². The topological polar surface area (TPSA) is 64.5 Å². The van der Waals surface area contributed by atoms with Gasteiger partial charge in [-0.15, -0.1) is 0 Å². The molecule has 2 unspecified atom stereocenters. The Balaban J connectivity index is 1.28. The van der Waals surface area contributed by atoms with Gasteiger partial charge < -0.3 is 0 Å². The minimum Gasteiger partial charge on any atom is -0.264 e. The molecule has 5 heteroatoms. The Morgan fingerprint density at radius 3 is 2.45 bits per heavy atom. The minimum atomic E-state index is -0.227. The fraction of sp³-hybridized carbons (Fsp3) is 0.119. The molecule has 0 saturated heterocycles. The summed E-state index contributed by atoms with van der Waals surface area (Å²) in [6.07, 6.45) is 23.2. The highest BCUT2D eigenvalue weighted by Crippen LogP contribution is 2.49. The Hall–Kier alpha value is -5.81. The quantitative estimate of drug-likeness (QED) is 0.200. The highest BCUT2D eigenvalue weighted by atomic mass is 15.0. The van der Waals surface area contributed by atoms with Crippen molar-refractivity contribution in [3.63, 3.8) is 0 Å². The molecule has 3 aromatic carbocycles. The Bertz CT molecular complexity index is 2310. The Morgan fingerprint density at radius 1 is 0.745 bits per heavy atom. The van der Waals surface area contributed by atoms with Crippen LogP contribution in [-0.2, 0) is 11.8 Å². The summed E-state index contributed by atoms with van der Waals surface area (Å²) in [5, 5.41) is 2.41. The standard InChI is InChI=1S/C42H31N5/c1-42-21-9-8-18-37(42)35(24-28-12-3-7-17-36(28)42)40-45-39(34-23-27-11-2-4-14-31(27)32-15-5-6-16-33(32)34)46-41(47-40)38-20-19-30(26-44-38)29-13-10-22-43-25-29/h2-3,5-13,15-26,37H,4,14H2,1H3. The minimum absolute atomic E-state index is 0.0645. The molecule has 224 valence electrons. The van der Waals surface area contributed by atoms with E-state index in [0.717, 1.165) is 40.5 Å². The molecule has 3 aromatic heterocycles. The Morgan fingerprint density at radius 2 is 1.57 bits per heavy atom. The lowest BCUT2D eigenvalue weighted by molar-refractivity contribution is 0.503. The van der Waals surface area contributed by atoms with E-state index in [9.17, 15) is 0 Å². The Kier molecular flexibility index (Phi) is 6.39. The second-order valence-corrected chi connectivity index (χ2v) is 12.6. The maximum atomic E-state index is 5.30. The molecule has 2 atom stereocenters. The van der Waals surface area contributed by atoms with Gasteiger partial charge in [0.05, 0.1) is 0 Å². The fourth-order valence-corrected chi connectivity index (χ4v) is 7.47. The first-order valence-electron chi connectivity index (χ1n) is 16.2. The fourth-order valence-electron chi connectivity index (χ4n) is 7.47. The zero-order valence-corrected chi connectivity index (χ0v) is 26.0. The smallest absolute Gasteiger partial charge is 0.182 e. The summed E-state index contributed by atoms with van der Waals surface area (Å²) in [7, 11) is 0. The van der Waals surface area contributed by atoms with Crippen molar-refractivity contribution in [1.29, 1.82) is 0 Å². The monoisotopic (exact) mass is 605 g/mol. The molecule has 9 rings (SSSR count). The van der Waals surface area contributed by atoms with Crippen LogP contribution in [-0.4, -0.2) is 24.9 Å². The average Bonchev–Trinajstić information content (AvgIpc) is 3.14. The van der Waals surface area contributed by atoms with E-state index in [2.05, 4.69) is 115 Å². The van der Waals surface area contributed by atoms with Crippen LogP contribution >= 0.6 is 0 Å². The molecule has 0 saturated carbocycles. The summed E-state index contributed by atoms with van der Waals surface area (Å²) in [6.45, 7) is 2.31. The lowest BCUT2D eigenvalue weighted by atomic mass is 9.62. The van der Waals surface area contributed by atoms with E-state index in [4.69, 9.17) is 19.9 Å². The van der Waals surface area contributed by atoms with Crippen LogP contribution < -0.4 is 0 Å². The molecule has 3 heterocycles. The number of aryl methyl sites for hydroxylation is 1. The van der Waals surface area contributed by atoms with E-state index in [0.29, 0.717) is 23.2 Å². The molecule has 0 fully saturated rings. The van der Waals surface area contributed by atoms with Gasteiger partial charge in [-0.25, -0.2) is 15.0 Å². The van der Waals surface area contributed by atoms with Crippen molar-refractivity contribution in [3.8, 4) is 34.0 Å². The zero-order valence-electron chi connectivity index (χ0n) is 26.0. The number of hydrogen-bond donors (Lipinski definition) is 0. The number of rotatable bonds is 4. The van der Waals surface area contributed by atoms with Gasteiger partial charge in [-0.3, -0.25) is 9.97 Å².